The van der Waals surface area contributed by atoms with Crippen LogP contribution in [0.1, 0.15) is 0 Å². The molecule has 0 amide bonds. The van der Waals surface area contributed by atoms with Crippen molar-refractivity contribution in [1.29, 1.82) is 0 Å². The van der Waals surface area contributed by atoms with Crippen molar-refractivity contribution in [2.45, 2.75) is 0 Å². The Morgan fingerprint density at radius 1 is 1.73 bits per heavy atom. The van der Waals surface area contributed by atoms with Crippen LogP contribution in [0.2, 0.25) is 0 Å². The summed E-state index contributed by atoms with van der Waals surface area (Å²) in [6.45, 7) is 2.62. The number of nitrogens with zero attached hydrogens (tertiary/aromatic N) is 1. The fourth-order valence-electron chi connectivity index (χ4n) is 0.299. The van der Waals surface area contributed by atoms with E-state index in [0.717, 1.165) is 0 Å². The Hall–Kier alpha value is -1.59. The number of rotatable bonds is 5. The molecule has 0 atom stereocenters. The van der Waals surface area contributed by atoms with Crippen LogP contribution in [-0.2, 0) is 14.4 Å². The highest BCUT2D eigenvalue weighted by atomic mass is 17.0. The molecular weight excluding hydrogens is 154 g/mol. The van der Waals surface area contributed by atoms with Gasteiger partial charge >= 0.3 is 5.97 Å². The second-order valence-corrected chi connectivity index (χ2v) is 1.47. The van der Waals surface area contributed by atoms with E-state index < -0.39 is 17.7 Å². The molecule has 0 rings (SSSR count). The Morgan fingerprint density at radius 3 is 2.82 bits per heavy atom. The van der Waals surface area contributed by atoms with Gasteiger partial charge < -0.3 is 9.57 Å². The smallest absolute Gasteiger partial charge is 0.332 e. The molecule has 6 nitrogen and oxygen atoms in total. The van der Waals surface area contributed by atoms with Crippen LogP contribution >= 0.6 is 0 Å². The number of carbonyl (C=O) groups is 1. The third kappa shape index (κ3) is 6.29. The zero-order valence-electron chi connectivity index (χ0n) is 5.69. The lowest BCUT2D eigenvalue weighted by Gasteiger charge is -1.98. The van der Waals surface area contributed by atoms with E-state index in [4.69, 9.17) is 0 Å². The minimum absolute atomic E-state index is 0.0277. The minimum Gasteiger partial charge on any atom is -0.460 e. The van der Waals surface area contributed by atoms with Gasteiger partial charge in [0.25, 0.3) is 5.09 Å². The van der Waals surface area contributed by atoms with E-state index in [1.165, 1.54) is 6.08 Å². The second-order valence-electron chi connectivity index (χ2n) is 1.47. The van der Waals surface area contributed by atoms with Crippen LogP contribution in [0.15, 0.2) is 12.7 Å². The highest BCUT2D eigenvalue weighted by molar-refractivity contribution is 5.70. The van der Waals surface area contributed by atoms with Gasteiger partial charge in [-0.25, -0.2) is 4.79 Å². The van der Waals surface area contributed by atoms with Crippen LogP contribution in [-0.4, -0.2) is 24.3 Å². The summed E-state index contributed by atoms with van der Waals surface area (Å²) in [5.74, 6) is -0.790. The first-order valence-electron chi connectivity index (χ1n) is 2.70. The van der Waals surface area contributed by atoms with E-state index in [9.17, 15) is 14.9 Å². The van der Waals surface area contributed by atoms with Gasteiger partial charge in [-0.3, -0.25) is 0 Å². The molecule has 62 valence electrons. The molecule has 0 bridgehead atoms. The first-order chi connectivity index (χ1) is 5.16. The molecule has 0 fully saturated rings. The summed E-state index contributed by atoms with van der Waals surface area (Å²) in [5, 5.41) is 8.47. The van der Waals surface area contributed by atoms with Gasteiger partial charge in [0.2, 0.25) is 0 Å². The van der Waals surface area contributed by atoms with Crippen molar-refractivity contribution < 1.29 is 19.5 Å². The average Bonchev–Trinajstić information content (AvgIpc) is 1.97. The zero-order valence-corrected chi connectivity index (χ0v) is 5.69. The summed E-state index contributed by atoms with van der Waals surface area (Å²) < 4.78 is 4.36. The highest BCUT2D eigenvalue weighted by Crippen LogP contribution is 1.81. The summed E-state index contributed by atoms with van der Waals surface area (Å²) in [5.41, 5.74) is 0. The maximum Gasteiger partial charge on any atom is 0.332 e. The summed E-state index contributed by atoms with van der Waals surface area (Å²) in [7, 11) is 0. The summed E-state index contributed by atoms with van der Waals surface area (Å²) in [6.07, 6.45) is 1.35. The largest absolute Gasteiger partial charge is 0.460 e. The Kier molecular flexibility index (Phi) is 4.46. The lowest BCUT2D eigenvalue weighted by Crippen LogP contribution is -2.15. The quantitative estimate of drug-likeness (QED) is 0.244. The van der Waals surface area contributed by atoms with E-state index in [0.29, 0.717) is 0 Å². The van der Waals surface area contributed by atoms with Gasteiger partial charge in [-0.15, -0.1) is 10.1 Å². The summed E-state index contributed by atoms with van der Waals surface area (Å²) in [4.78, 5) is 23.7. The second kappa shape index (κ2) is 5.21. The van der Waals surface area contributed by atoms with Gasteiger partial charge in [0.1, 0.15) is 6.61 Å². The molecule has 0 heterocycles. The number of esters is 1. The molecule has 6 heteroatoms. The molecule has 0 N–H and O–H groups in total. The van der Waals surface area contributed by atoms with Crippen LogP contribution in [0.25, 0.3) is 0 Å². The van der Waals surface area contributed by atoms with Gasteiger partial charge in [-0.2, -0.15) is 0 Å². The number of ether oxygens (including phenoxy) is 1. The fourth-order valence-corrected chi connectivity index (χ4v) is 0.299. The van der Waals surface area contributed by atoms with E-state index in [1.54, 1.807) is 0 Å². The molecule has 0 aliphatic rings. The monoisotopic (exact) mass is 161 g/mol. The number of hydrogen-bond donors (Lipinski definition) is 0. The summed E-state index contributed by atoms with van der Waals surface area (Å²) >= 11 is 0. The Bertz CT molecular complexity index is 166. The molecular formula is C5H7NO5. The van der Waals surface area contributed by atoms with Crippen molar-refractivity contribution in [2.75, 3.05) is 13.2 Å². The Morgan fingerprint density at radius 2 is 2.36 bits per heavy atom. The topological polar surface area (TPSA) is 78.7 Å². The Labute approximate surface area is 62.5 Å². The molecule has 0 unspecified atom stereocenters. The molecule has 0 aromatic rings. The van der Waals surface area contributed by atoms with E-state index in [1.807, 2.05) is 0 Å². The van der Waals surface area contributed by atoms with Gasteiger partial charge in [-0.1, -0.05) is 12.7 Å². The highest BCUT2D eigenvalue weighted by Gasteiger charge is 2.03. The van der Waals surface area contributed by atoms with Crippen LogP contribution in [0.5, 0.6) is 0 Å². The molecule has 0 aromatic heterocycles. The molecule has 0 aromatic carbocycles. The van der Waals surface area contributed by atoms with Crippen molar-refractivity contribution in [2.24, 2.45) is 0 Å². The predicted molar refractivity (Wildman–Crippen MR) is 34.1 cm³/mol. The fraction of sp³-hybridized carbons (Fsp3) is 0.400. The van der Waals surface area contributed by atoms with Gasteiger partial charge in [0.15, 0.2) is 6.61 Å². The predicted octanol–water partition coefficient (Wildman–Crippen LogP) is -0.0761. The van der Waals surface area contributed by atoms with Crippen LogP contribution in [0.4, 0.5) is 0 Å². The van der Waals surface area contributed by atoms with Crippen molar-refractivity contribution in [3.63, 3.8) is 0 Å². The van der Waals surface area contributed by atoms with Gasteiger partial charge in [0, 0.05) is 0 Å². The third-order valence-corrected chi connectivity index (χ3v) is 0.650. The molecule has 0 spiro atoms. The first kappa shape index (κ1) is 9.41. The minimum atomic E-state index is -1.06. The van der Waals surface area contributed by atoms with Crippen molar-refractivity contribution in [3.8, 4) is 0 Å². The molecule has 0 aliphatic carbocycles. The van der Waals surface area contributed by atoms with Crippen LogP contribution in [0, 0.1) is 10.1 Å². The normalized spacial score (nSPS) is 8.36. The molecule has 0 saturated heterocycles. The molecule has 0 aliphatic heterocycles. The average molecular weight is 161 g/mol. The third-order valence-electron chi connectivity index (χ3n) is 0.650. The van der Waals surface area contributed by atoms with Crippen LogP contribution in [0.3, 0.4) is 0 Å². The number of carbonyl (C=O) groups excluding carboxylic acids is 1. The Balaban J connectivity index is 3.37. The zero-order chi connectivity index (χ0) is 8.69. The molecule has 0 radical (unpaired) electrons. The van der Waals surface area contributed by atoms with Crippen molar-refractivity contribution >= 4 is 5.97 Å². The molecule has 11 heavy (non-hydrogen) atoms. The van der Waals surface area contributed by atoms with Crippen molar-refractivity contribution in [3.05, 3.63) is 22.8 Å². The SMILES string of the molecule is C=CCOC(=O)CO[N+](=O)[O-]. The van der Waals surface area contributed by atoms with Crippen molar-refractivity contribution in [1.82, 2.24) is 0 Å². The van der Waals surface area contributed by atoms with Gasteiger partial charge in [-0.05, 0) is 0 Å². The van der Waals surface area contributed by atoms with E-state index in [-0.39, 0.29) is 6.61 Å². The maximum atomic E-state index is 10.4. The van der Waals surface area contributed by atoms with Gasteiger partial charge in [0.05, 0.1) is 0 Å². The summed E-state index contributed by atoms with van der Waals surface area (Å²) in [6, 6.07) is 0. The number of hydrogen-bond acceptors (Lipinski definition) is 5. The lowest BCUT2D eigenvalue weighted by molar-refractivity contribution is -0.754. The standard InChI is InChI=1S/C5H7NO5/c1-2-3-10-5(7)4-11-6(8)9/h2H,1,3-4H2. The molecule has 0 saturated carbocycles. The lowest BCUT2D eigenvalue weighted by atomic mass is 10.7. The first-order valence-corrected chi connectivity index (χ1v) is 2.70. The van der Waals surface area contributed by atoms with Crippen LogP contribution < -0.4 is 0 Å². The maximum absolute atomic E-state index is 10.4. The van der Waals surface area contributed by atoms with E-state index >= 15 is 0 Å². The van der Waals surface area contributed by atoms with E-state index in [2.05, 4.69) is 16.2 Å².